The van der Waals surface area contributed by atoms with Crippen LogP contribution < -0.4 is 11.1 Å². The van der Waals surface area contributed by atoms with Crippen LogP contribution in [0.2, 0.25) is 0 Å². The third-order valence-electron chi connectivity index (χ3n) is 4.70. The van der Waals surface area contributed by atoms with Crippen LogP contribution in [-0.2, 0) is 0 Å². The SMILES string of the molecule is Cc1ccccc1C(=O)NC1CCN(C(=O)c2ccccc2N)CC1. The molecule has 0 aromatic heterocycles. The quantitative estimate of drug-likeness (QED) is 0.846. The van der Waals surface area contributed by atoms with Crippen LogP contribution >= 0.6 is 0 Å². The molecule has 0 spiro atoms. The number of likely N-dealkylation sites (tertiary alicyclic amines) is 1. The maximum atomic E-state index is 12.6. The maximum Gasteiger partial charge on any atom is 0.255 e. The predicted octanol–water partition coefficient (Wildman–Crippen LogP) is 2.61. The van der Waals surface area contributed by atoms with Gasteiger partial charge in [0.15, 0.2) is 0 Å². The van der Waals surface area contributed by atoms with E-state index in [1.165, 1.54) is 0 Å². The van der Waals surface area contributed by atoms with Crippen molar-refractivity contribution >= 4 is 17.5 Å². The van der Waals surface area contributed by atoms with E-state index >= 15 is 0 Å². The summed E-state index contributed by atoms with van der Waals surface area (Å²) in [6, 6.07) is 14.8. The zero-order chi connectivity index (χ0) is 17.8. The molecule has 2 amide bonds. The van der Waals surface area contributed by atoms with Crippen LogP contribution in [0.4, 0.5) is 5.69 Å². The van der Waals surface area contributed by atoms with E-state index in [0.717, 1.165) is 18.4 Å². The number of carbonyl (C=O) groups excluding carboxylic acids is 2. The molecule has 130 valence electrons. The Hall–Kier alpha value is -2.82. The number of nitrogen functional groups attached to an aromatic ring is 1. The molecule has 0 aliphatic carbocycles. The van der Waals surface area contributed by atoms with Crippen LogP contribution in [0.3, 0.4) is 0 Å². The molecule has 3 N–H and O–H groups in total. The Balaban J connectivity index is 1.57. The standard InChI is InChI=1S/C20H23N3O2/c1-14-6-2-3-7-16(14)19(24)22-15-10-12-23(13-11-15)20(25)17-8-4-5-9-18(17)21/h2-9,15H,10-13,21H2,1H3,(H,22,24). The number of carbonyl (C=O) groups is 2. The summed E-state index contributed by atoms with van der Waals surface area (Å²) in [6.07, 6.45) is 1.49. The molecular weight excluding hydrogens is 314 g/mol. The smallest absolute Gasteiger partial charge is 0.255 e. The number of nitrogens with zero attached hydrogens (tertiary/aromatic N) is 1. The number of benzene rings is 2. The molecule has 0 radical (unpaired) electrons. The number of rotatable bonds is 3. The van der Waals surface area contributed by atoms with Gasteiger partial charge in [0.25, 0.3) is 11.8 Å². The molecule has 5 nitrogen and oxygen atoms in total. The minimum absolute atomic E-state index is 0.0400. The van der Waals surface area contributed by atoms with Gasteiger partial charge in [0.1, 0.15) is 0 Å². The Kier molecular flexibility index (Phi) is 5.03. The number of amides is 2. The fourth-order valence-electron chi connectivity index (χ4n) is 3.18. The monoisotopic (exact) mass is 337 g/mol. The summed E-state index contributed by atoms with van der Waals surface area (Å²) in [5.74, 6) is -0.0861. The normalized spacial score (nSPS) is 15.0. The van der Waals surface area contributed by atoms with Gasteiger partial charge >= 0.3 is 0 Å². The highest BCUT2D eigenvalue weighted by Crippen LogP contribution is 2.18. The number of para-hydroxylation sites is 1. The largest absolute Gasteiger partial charge is 0.398 e. The van der Waals surface area contributed by atoms with Gasteiger partial charge in [-0.1, -0.05) is 30.3 Å². The molecule has 1 aliphatic heterocycles. The average molecular weight is 337 g/mol. The first kappa shape index (κ1) is 17.0. The zero-order valence-corrected chi connectivity index (χ0v) is 14.4. The van der Waals surface area contributed by atoms with E-state index in [0.29, 0.717) is 29.9 Å². The Morgan fingerprint density at radius 3 is 2.24 bits per heavy atom. The lowest BCUT2D eigenvalue weighted by atomic mass is 10.0. The fourth-order valence-corrected chi connectivity index (χ4v) is 3.18. The van der Waals surface area contributed by atoms with E-state index < -0.39 is 0 Å². The molecule has 25 heavy (non-hydrogen) atoms. The predicted molar refractivity (Wildman–Crippen MR) is 98.4 cm³/mol. The molecule has 1 aliphatic rings. The van der Waals surface area contributed by atoms with Crippen LogP contribution in [0, 0.1) is 6.92 Å². The Labute approximate surface area is 147 Å². The summed E-state index contributed by atoms with van der Waals surface area (Å²) in [6.45, 7) is 3.16. The topological polar surface area (TPSA) is 75.4 Å². The molecule has 1 heterocycles. The van der Waals surface area contributed by atoms with Crippen molar-refractivity contribution in [2.24, 2.45) is 0 Å². The van der Waals surface area contributed by atoms with Gasteiger partial charge in [0.05, 0.1) is 5.56 Å². The van der Waals surface area contributed by atoms with Crippen LogP contribution in [0.1, 0.15) is 39.1 Å². The summed E-state index contributed by atoms with van der Waals surface area (Å²) in [5.41, 5.74) is 8.62. The minimum Gasteiger partial charge on any atom is -0.398 e. The van der Waals surface area contributed by atoms with Gasteiger partial charge < -0.3 is 16.0 Å². The van der Waals surface area contributed by atoms with Gasteiger partial charge in [-0.2, -0.15) is 0 Å². The molecule has 2 aromatic carbocycles. The first-order chi connectivity index (χ1) is 12.1. The average Bonchev–Trinajstić information content (AvgIpc) is 2.62. The van der Waals surface area contributed by atoms with Crippen LogP contribution in [0.25, 0.3) is 0 Å². The summed E-state index contributed by atoms with van der Waals surface area (Å²) in [7, 11) is 0. The van der Waals surface area contributed by atoms with Crippen molar-refractivity contribution < 1.29 is 9.59 Å². The second-order valence-corrected chi connectivity index (χ2v) is 6.44. The lowest BCUT2D eigenvalue weighted by Crippen LogP contribution is -2.46. The lowest BCUT2D eigenvalue weighted by molar-refractivity contribution is 0.0699. The van der Waals surface area contributed by atoms with Gasteiger partial charge in [-0.15, -0.1) is 0 Å². The van der Waals surface area contributed by atoms with Crippen molar-refractivity contribution in [3.63, 3.8) is 0 Å². The highest BCUT2D eigenvalue weighted by molar-refractivity contribution is 5.99. The van der Waals surface area contributed by atoms with Crippen LogP contribution in [0.5, 0.6) is 0 Å². The van der Waals surface area contributed by atoms with Crippen molar-refractivity contribution in [1.29, 1.82) is 0 Å². The highest BCUT2D eigenvalue weighted by atomic mass is 16.2. The molecule has 3 rings (SSSR count). The first-order valence-electron chi connectivity index (χ1n) is 8.56. The molecule has 0 unspecified atom stereocenters. The maximum absolute atomic E-state index is 12.6. The summed E-state index contributed by atoms with van der Waals surface area (Å²) >= 11 is 0. The number of anilines is 1. The lowest BCUT2D eigenvalue weighted by Gasteiger charge is -2.32. The molecule has 0 atom stereocenters. The van der Waals surface area contributed by atoms with E-state index in [1.807, 2.05) is 48.2 Å². The Bertz CT molecular complexity index is 780. The Morgan fingerprint density at radius 2 is 1.60 bits per heavy atom. The molecule has 0 saturated carbocycles. The van der Waals surface area contributed by atoms with E-state index in [-0.39, 0.29) is 17.9 Å². The second-order valence-electron chi connectivity index (χ2n) is 6.44. The van der Waals surface area contributed by atoms with Crippen molar-refractivity contribution in [2.45, 2.75) is 25.8 Å². The third kappa shape index (κ3) is 3.82. The van der Waals surface area contributed by atoms with Gasteiger partial charge in [-0.05, 0) is 43.5 Å². The number of hydrogen-bond donors (Lipinski definition) is 2. The van der Waals surface area contributed by atoms with Gasteiger partial charge in [-0.3, -0.25) is 9.59 Å². The molecule has 5 heteroatoms. The van der Waals surface area contributed by atoms with Crippen molar-refractivity contribution in [2.75, 3.05) is 18.8 Å². The number of nitrogens with two attached hydrogens (primary N) is 1. The zero-order valence-electron chi connectivity index (χ0n) is 14.4. The number of nitrogens with one attached hydrogen (secondary N) is 1. The van der Waals surface area contributed by atoms with Gasteiger partial charge in [0.2, 0.25) is 0 Å². The molecule has 1 fully saturated rings. The second kappa shape index (κ2) is 7.38. The van der Waals surface area contributed by atoms with Crippen LogP contribution in [-0.4, -0.2) is 35.8 Å². The van der Waals surface area contributed by atoms with E-state index in [2.05, 4.69) is 5.32 Å². The summed E-state index contributed by atoms with van der Waals surface area (Å²) < 4.78 is 0. The highest BCUT2D eigenvalue weighted by Gasteiger charge is 2.25. The number of hydrogen-bond acceptors (Lipinski definition) is 3. The third-order valence-corrected chi connectivity index (χ3v) is 4.70. The summed E-state index contributed by atoms with van der Waals surface area (Å²) in [4.78, 5) is 26.8. The molecule has 0 bridgehead atoms. The van der Waals surface area contributed by atoms with Crippen molar-refractivity contribution in [1.82, 2.24) is 10.2 Å². The summed E-state index contributed by atoms with van der Waals surface area (Å²) in [5, 5.41) is 3.09. The molecular formula is C20H23N3O2. The van der Waals surface area contributed by atoms with Crippen molar-refractivity contribution in [3.05, 3.63) is 65.2 Å². The molecule has 1 saturated heterocycles. The molecule has 2 aromatic rings. The van der Waals surface area contributed by atoms with E-state index in [4.69, 9.17) is 5.73 Å². The fraction of sp³-hybridized carbons (Fsp3) is 0.300. The van der Waals surface area contributed by atoms with Gasteiger partial charge in [0, 0.05) is 30.4 Å². The van der Waals surface area contributed by atoms with Crippen LogP contribution in [0.15, 0.2) is 48.5 Å². The number of piperidine rings is 1. The van der Waals surface area contributed by atoms with E-state index in [1.54, 1.807) is 12.1 Å². The van der Waals surface area contributed by atoms with E-state index in [9.17, 15) is 9.59 Å². The Morgan fingerprint density at radius 1 is 1.00 bits per heavy atom. The minimum atomic E-state index is -0.0461. The number of aryl methyl sites for hydroxylation is 1. The van der Waals surface area contributed by atoms with Crippen molar-refractivity contribution in [3.8, 4) is 0 Å². The first-order valence-corrected chi connectivity index (χ1v) is 8.56. The van der Waals surface area contributed by atoms with Gasteiger partial charge in [-0.25, -0.2) is 0 Å².